The topological polar surface area (TPSA) is 49.4 Å². The zero-order valence-corrected chi connectivity index (χ0v) is 32.6. The zero-order chi connectivity index (χ0) is 37.5. The molecule has 1 aliphatic carbocycles. The largest absolute Gasteiger partial charge is 0.385 e. The van der Waals surface area contributed by atoms with Crippen molar-refractivity contribution in [3.63, 3.8) is 0 Å². The number of likely N-dealkylation sites (N-methyl/N-ethyl adjacent to an activating group) is 1. The van der Waals surface area contributed by atoms with E-state index in [0.717, 1.165) is 35.5 Å². The lowest BCUT2D eigenvalue weighted by atomic mass is 9.75. The van der Waals surface area contributed by atoms with Crippen molar-refractivity contribution in [2.75, 3.05) is 23.3 Å². The van der Waals surface area contributed by atoms with Gasteiger partial charge in [0.15, 0.2) is 0 Å². The van der Waals surface area contributed by atoms with E-state index in [0.29, 0.717) is 22.6 Å². The van der Waals surface area contributed by atoms with Crippen LogP contribution in [0.2, 0.25) is 0 Å². The molecule has 1 aliphatic heterocycles. The molecule has 0 atom stereocenters. The number of fused-ring (bicyclic) bond motifs is 4. The van der Waals surface area contributed by atoms with E-state index in [1.807, 2.05) is 18.2 Å². The van der Waals surface area contributed by atoms with Crippen molar-refractivity contribution in [3.05, 3.63) is 172 Å². The molecule has 0 unspecified atom stereocenters. The Morgan fingerprint density at radius 1 is 0.830 bits per heavy atom. The van der Waals surface area contributed by atoms with Crippen molar-refractivity contribution in [2.45, 2.75) is 70.1 Å². The van der Waals surface area contributed by atoms with Gasteiger partial charge in [0.05, 0.1) is 9.80 Å². The van der Waals surface area contributed by atoms with Crippen LogP contribution < -0.4 is 10.2 Å². The van der Waals surface area contributed by atoms with Crippen LogP contribution in [0, 0.1) is 0 Å². The van der Waals surface area contributed by atoms with Crippen LogP contribution in [0.4, 0.5) is 11.4 Å². The van der Waals surface area contributed by atoms with Gasteiger partial charge in [-0.05, 0) is 106 Å². The first kappa shape index (κ1) is 36.2. The fourth-order valence-electron chi connectivity index (χ4n) is 8.49. The smallest absolute Gasteiger partial charge is 0.207 e. The average molecular weight is 719 g/mol. The van der Waals surface area contributed by atoms with E-state index < -0.39 is 15.3 Å². The van der Waals surface area contributed by atoms with Crippen molar-refractivity contribution in [2.24, 2.45) is 0 Å². The lowest BCUT2D eigenvalue weighted by Crippen LogP contribution is -2.25. The van der Waals surface area contributed by atoms with Crippen LogP contribution in [0.25, 0.3) is 21.5 Å². The van der Waals surface area contributed by atoms with Crippen molar-refractivity contribution in [1.82, 2.24) is 0 Å². The molecule has 0 saturated heterocycles. The van der Waals surface area contributed by atoms with E-state index in [2.05, 4.69) is 143 Å². The summed E-state index contributed by atoms with van der Waals surface area (Å²) in [5, 5.41) is 8.42. The predicted octanol–water partition coefficient (Wildman–Crippen LogP) is 12.0. The van der Waals surface area contributed by atoms with Crippen molar-refractivity contribution in [3.8, 4) is 0 Å². The molecule has 0 saturated carbocycles. The first-order chi connectivity index (χ1) is 25.4. The molecule has 1 N–H and O–H groups in total. The van der Waals surface area contributed by atoms with Crippen LogP contribution in [0.3, 0.4) is 0 Å². The van der Waals surface area contributed by atoms with Gasteiger partial charge >= 0.3 is 0 Å². The lowest BCUT2D eigenvalue weighted by Gasteiger charge is -2.31. The molecule has 5 heteroatoms. The monoisotopic (exact) mass is 718 g/mol. The Morgan fingerprint density at radius 2 is 1.47 bits per heavy atom. The number of sulfone groups is 1. The van der Waals surface area contributed by atoms with E-state index >= 15 is 0 Å². The number of benzene rings is 5. The third kappa shape index (κ3) is 6.25. The van der Waals surface area contributed by atoms with Gasteiger partial charge in [-0.2, -0.15) is 0 Å². The number of hydrogen-bond donors (Lipinski definition) is 1. The van der Waals surface area contributed by atoms with Crippen LogP contribution in [0.1, 0.15) is 65.5 Å². The second-order valence-corrected chi connectivity index (χ2v) is 17.1. The summed E-state index contributed by atoms with van der Waals surface area (Å²) >= 11 is 0. The maximum Gasteiger partial charge on any atom is 0.207 e. The van der Waals surface area contributed by atoms with Gasteiger partial charge in [-0.1, -0.05) is 131 Å². The molecular weight excluding hydrogens is 669 g/mol. The van der Waals surface area contributed by atoms with Gasteiger partial charge in [0.2, 0.25) is 9.84 Å². The summed E-state index contributed by atoms with van der Waals surface area (Å²) < 4.78 is 29.1. The van der Waals surface area contributed by atoms with Crippen molar-refractivity contribution in [1.29, 1.82) is 0 Å². The summed E-state index contributed by atoms with van der Waals surface area (Å²) in [6.07, 6.45) is 9.55. The van der Waals surface area contributed by atoms with E-state index in [4.69, 9.17) is 0 Å². The molecule has 53 heavy (non-hydrogen) atoms. The van der Waals surface area contributed by atoms with Gasteiger partial charge in [0, 0.05) is 41.0 Å². The number of hydrogen-bond acceptors (Lipinski definition) is 4. The Bertz CT molecular complexity index is 2480. The standard InChI is InChI=1S/C48H50N2O2S/c1-8-49-41-30-27-34-17-13-15-21-39(34)44(41)47(4,5)33(3)23-24-36-25-26-37(46(36)53(51,52)38-19-11-10-12-20-38)29-32-43-48(6,7)45-40-22-16-14-18-35(40)28-31-42(45)50(43)9-2/h10-24,27-32,49H,3,8-9,25-26H2,1-2,4-7H3/b24-23+,37-29+,43-32+. The van der Waals surface area contributed by atoms with Crippen LogP contribution in [-0.4, -0.2) is 21.5 Å². The molecule has 1 heterocycles. The third-order valence-corrected chi connectivity index (χ3v) is 13.2. The highest BCUT2D eigenvalue weighted by molar-refractivity contribution is 7.95. The zero-order valence-electron chi connectivity index (χ0n) is 31.8. The summed E-state index contributed by atoms with van der Waals surface area (Å²) in [4.78, 5) is 3.09. The Balaban J connectivity index is 1.32. The summed E-state index contributed by atoms with van der Waals surface area (Å²) in [7, 11) is -3.81. The summed E-state index contributed by atoms with van der Waals surface area (Å²) in [6, 6.07) is 34.6. The first-order valence-corrected chi connectivity index (χ1v) is 20.3. The van der Waals surface area contributed by atoms with Crippen molar-refractivity contribution >= 4 is 42.8 Å². The highest BCUT2D eigenvalue weighted by Crippen LogP contribution is 2.51. The highest BCUT2D eigenvalue weighted by Gasteiger charge is 2.41. The fraction of sp³-hybridized carbons (Fsp3) is 0.250. The number of nitrogens with zero attached hydrogens (tertiary/aromatic N) is 1. The number of allylic oxidation sites excluding steroid dienone is 8. The molecule has 7 rings (SSSR count). The maximum absolute atomic E-state index is 14.6. The predicted molar refractivity (Wildman–Crippen MR) is 225 cm³/mol. The highest BCUT2D eigenvalue weighted by atomic mass is 32.2. The van der Waals surface area contributed by atoms with Gasteiger partial charge in [-0.3, -0.25) is 0 Å². The van der Waals surface area contributed by atoms with E-state index in [-0.39, 0.29) is 5.41 Å². The first-order valence-electron chi connectivity index (χ1n) is 18.8. The van der Waals surface area contributed by atoms with Crippen LogP contribution in [0.15, 0.2) is 166 Å². The van der Waals surface area contributed by atoms with Gasteiger partial charge in [0.1, 0.15) is 0 Å². The quantitative estimate of drug-likeness (QED) is 0.146. The molecule has 0 fully saturated rings. The molecule has 5 aromatic rings. The normalized spacial score (nSPS) is 17.5. The molecule has 2 aliphatic rings. The van der Waals surface area contributed by atoms with E-state index in [1.54, 1.807) is 24.3 Å². The number of anilines is 2. The minimum Gasteiger partial charge on any atom is -0.385 e. The minimum absolute atomic E-state index is 0.275. The van der Waals surface area contributed by atoms with Crippen LogP contribution in [-0.2, 0) is 20.7 Å². The summed E-state index contributed by atoms with van der Waals surface area (Å²) in [6.45, 7) is 19.5. The lowest BCUT2D eigenvalue weighted by molar-refractivity contribution is 0.602. The second-order valence-electron chi connectivity index (χ2n) is 15.2. The SMILES string of the molecule is C=C(/C=C/C1=C(S(=O)(=O)c2ccccc2)C(=C/C=C2/N(CC)c3ccc4ccccc4c3C2(C)C)/CC1)C(C)(C)c1c(NCC)ccc2ccccc12. The Morgan fingerprint density at radius 3 is 2.17 bits per heavy atom. The van der Waals surface area contributed by atoms with E-state index in [9.17, 15) is 8.42 Å². The van der Waals surface area contributed by atoms with Crippen LogP contribution >= 0.6 is 0 Å². The molecule has 270 valence electrons. The van der Waals surface area contributed by atoms with Crippen molar-refractivity contribution < 1.29 is 8.42 Å². The maximum atomic E-state index is 14.6. The van der Waals surface area contributed by atoms with Gasteiger partial charge in [0.25, 0.3) is 0 Å². The van der Waals surface area contributed by atoms with Gasteiger partial charge < -0.3 is 10.2 Å². The molecule has 0 spiro atoms. The van der Waals surface area contributed by atoms with Gasteiger partial charge in [-0.25, -0.2) is 8.42 Å². The number of nitrogens with one attached hydrogen (secondary N) is 1. The average Bonchev–Trinajstić information content (AvgIpc) is 3.68. The third-order valence-electron chi connectivity index (χ3n) is 11.3. The molecule has 4 nitrogen and oxygen atoms in total. The molecule has 0 bridgehead atoms. The summed E-state index contributed by atoms with van der Waals surface area (Å²) in [5.41, 5.74) is 7.81. The number of rotatable bonds is 10. The minimum atomic E-state index is -3.81. The molecule has 0 radical (unpaired) electrons. The Kier molecular flexibility index (Phi) is 9.59. The van der Waals surface area contributed by atoms with Gasteiger partial charge in [-0.15, -0.1) is 0 Å². The molecular formula is C48H50N2O2S. The Hall–Kier alpha value is -5.13. The second kappa shape index (κ2) is 14.0. The molecule has 5 aromatic carbocycles. The van der Waals surface area contributed by atoms with Crippen LogP contribution in [0.5, 0.6) is 0 Å². The van der Waals surface area contributed by atoms with E-state index in [1.165, 1.54) is 44.1 Å². The fourth-order valence-corrected chi connectivity index (χ4v) is 10.3. The molecule has 0 amide bonds. The Labute approximate surface area is 315 Å². The molecule has 0 aromatic heterocycles. The summed E-state index contributed by atoms with van der Waals surface area (Å²) in [5.74, 6) is 0.